The van der Waals surface area contributed by atoms with Crippen LogP contribution in [0, 0.1) is 13.8 Å². The first kappa shape index (κ1) is 28.7. The van der Waals surface area contributed by atoms with E-state index in [-0.39, 0.29) is 36.2 Å². The van der Waals surface area contributed by atoms with Gasteiger partial charge in [-0.15, -0.1) is 11.8 Å². The molecule has 0 aliphatic carbocycles. The van der Waals surface area contributed by atoms with Crippen LogP contribution in [0.2, 0.25) is 0 Å². The minimum absolute atomic E-state index is 0.161. The van der Waals surface area contributed by atoms with Gasteiger partial charge in [-0.1, -0.05) is 54.6 Å². The lowest BCUT2D eigenvalue weighted by atomic mass is 9.99. The average molecular weight is 618 g/mol. The van der Waals surface area contributed by atoms with Gasteiger partial charge in [-0.05, 0) is 60.4 Å². The molecular formula is C35H31N5O4S. The topological polar surface area (TPSA) is 98.6 Å². The molecule has 1 atom stereocenters. The van der Waals surface area contributed by atoms with Crippen molar-refractivity contribution in [1.82, 2.24) is 20.1 Å². The Hall–Kier alpha value is -5.09. The predicted molar refractivity (Wildman–Crippen MR) is 174 cm³/mol. The highest BCUT2D eigenvalue weighted by atomic mass is 32.2. The van der Waals surface area contributed by atoms with Gasteiger partial charge >= 0.3 is 0 Å². The molecule has 0 radical (unpaired) electrons. The van der Waals surface area contributed by atoms with Gasteiger partial charge < -0.3 is 14.8 Å². The largest absolute Gasteiger partial charge is 0.454 e. The summed E-state index contributed by atoms with van der Waals surface area (Å²) in [6.45, 7) is 4.42. The standard InChI is InChI=1S/C35H31N5O4S/c1-22-8-6-12-27(23(22)2)40-35-32(33(38-40)25-10-4-3-5-11-25)34(26-13-14-28-29(16-26)44-21-43-28)45-20-31(42)39(35)19-30(41)37-18-24-9-7-15-36-17-24/h3-17,34H,18-21H2,1-2H3,(H,37,41). The Bertz CT molecular complexity index is 1890. The molecule has 2 aliphatic rings. The third-order valence-electron chi connectivity index (χ3n) is 8.15. The second-order valence-corrected chi connectivity index (χ2v) is 12.1. The van der Waals surface area contributed by atoms with Crippen molar-refractivity contribution in [2.45, 2.75) is 25.6 Å². The number of fused-ring (bicyclic) bond motifs is 2. The second kappa shape index (κ2) is 12.1. The van der Waals surface area contributed by atoms with E-state index < -0.39 is 0 Å². The number of aryl methyl sites for hydroxylation is 1. The molecule has 5 aromatic rings. The summed E-state index contributed by atoms with van der Waals surface area (Å²) in [4.78, 5) is 33.3. The summed E-state index contributed by atoms with van der Waals surface area (Å²) < 4.78 is 13.2. The van der Waals surface area contributed by atoms with Crippen molar-refractivity contribution in [3.8, 4) is 28.4 Å². The number of rotatable bonds is 7. The SMILES string of the molecule is Cc1cccc(-n2nc(-c3ccccc3)c3c2N(CC(=O)NCc2cccnc2)C(=O)CSC3c2ccc3c(c2)OCO3)c1C. The number of aromatic nitrogens is 3. The van der Waals surface area contributed by atoms with Crippen molar-refractivity contribution in [3.05, 3.63) is 119 Å². The van der Waals surface area contributed by atoms with Crippen LogP contribution < -0.4 is 19.7 Å². The fourth-order valence-corrected chi connectivity index (χ4v) is 6.89. The van der Waals surface area contributed by atoms with Gasteiger partial charge in [0.1, 0.15) is 12.4 Å². The van der Waals surface area contributed by atoms with Crippen LogP contribution in [-0.2, 0) is 16.1 Å². The third-order valence-corrected chi connectivity index (χ3v) is 9.41. The van der Waals surface area contributed by atoms with Gasteiger partial charge in [0.05, 0.1) is 22.4 Å². The van der Waals surface area contributed by atoms with Crippen LogP contribution in [0.4, 0.5) is 5.82 Å². The number of carbonyl (C=O) groups excluding carboxylic acids is 2. The smallest absolute Gasteiger partial charge is 0.240 e. The molecule has 45 heavy (non-hydrogen) atoms. The van der Waals surface area contributed by atoms with Crippen molar-refractivity contribution in [3.63, 3.8) is 0 Å². The number of hydrogen-bond acceptors (Lipinski definition) is 7. The van der Waals surface area contributed by atoms with E-state index in [1.165, 1.54) is 11.8 Å². The molecule has 2 aliphatic heterocycles. The van der Waals surface area contributed by atoms with E-state index in [0.29, 0.717) is 23.9 Å². The van der Waals surface area contributed by atoms with E-state index in [4.69, 9.17) is 14.6 Å². The van der Waals surface area contributed by atoms with Crippen LogP contribution in [0.1, 0.15) is 33.1 Å². The Kier molecular flexibility index (Phi) is 7.72. The number of amides is 2. The average Bonchev–Trinajstić information content (AvgIpc) is 3.67. The number of thioether (sulfide) groups is 1. The molecule has 10 heteroatoms. The van der Waals surface area contributed by atoms with E-state index in [1.807, 2.05) is 77.5 Å². The van der Waals surface area contributed by atoms with Crippen molar-refractivity contribution in [2.75, 3.05) is 24.0 Å². The maximum Gasteiger partial charge on any atom is 0.240 e. The quantitative estimate of drug-likeness (QED) is 0.248. The van der Waals surface area contributed by atoms with E-state index in [2.05, 4.69) is 30.2 Å². The van der Waals surface area contributed by atoms with Crippen LogP contribution in [0.3, 0.4) is 0 Å². The monoisotopic (exact) mass is 617 g/mol. The summed E-state index contributed by atoms with van der Waals surface area (Å²) in [7, 11) is 0. The molecule has 4 heterocycles. The number of ether oxygens (including phenoxy) is 2. The molecule has 226 valence electrons. The molecule has 0 spiro atoms. The summed E-state index contributed by atoms with van der Waals surface area (Å²) in [5.74, 6) is 1.66. The minimum Gasteiger partial charge on any atom is -0.454 e. The summed E-state index contributed by atoms with van der Waals surface area (Å²) in [6, 6.07) is 25.6. The molecule has 1 unspecified atom stereocenters. The Balaban J connectivity index is 1.41. The van der Waals surface area contributed by atoms with Crippen LogP contribution in [0.5, 0.6) is 11.5 Å². The Morgan fingerprint density at radius 3 is 2.67 bits per heavy atom. The molecule has 9 nitrogen and oxygen atoms in total. The van der Waals surface area contributed by atoms with E-state index in [0.717, 1.165) is 44.8 Å². The number of nitrogens with zero attached hydrogens (tertiary/aromatic N) is 4. The lowest BCUT2D eigenvalue weighted by molar-refractivity contribution is -0.123. The van der Waals surface area contributed by atoms with Crippen LogP contribution in [0.15, 0.2) is 91.3 Å². The van der Waals surface area contributed by atoms with Gasteiger partial charge in [-0.3, -0.25) is 19.5 Å². The Morgan fingerprint density at radius 2 is 1.84 bits per heavy atom. The molecule has 1 N–H and O–H groups in total. The summed E-state index contributed by atoms with van der Waals surface area (Å²) in [5, 5.41) is 7.91. The van der Waals surface area contributed by atoms with Gasteiger partial charge in [-0.2, -0.15) is 5.10 Å². The Labute approximate surface area is 265 Å². The molecule has 3 aromatic carbocycles. The molecule has 0 saturated heterocycles. The van der Waals surface area contributed by atoms with Crippen molar-refractivity contribution >= 4 is 29.4 Å². The molecule has 7 rings (SSSR count). The van der Waals surface area contributed by atoms with Crippen LogP contribution >= 0.6 is 11.8 Å². The zero-order valence-electron chi connectivity index (χ0n) is 24.9. The fourth-order valence-electron chi connectivity index (χ4n) is 5.70. The maximum absolute atomic E-state index is 14.1. The molecule has 0 fully saturated rings. The predicted octanol–water partition coefficient (Wildman–Crippen LogP) is 5.77. The third kappa shape index (κ3) is 5.53. The highest BCUT2D eigenvalue weighted by molar-refractivity contribution is 8.00. The van der Waals surface area contributed by atoms with Crippen molar-refractivity contribution < 1.29 is 19.1 Å². The fraction of sp³-hybridized carbons (Fsp3) is 0.200. The number of carbonyl (C=O) groups is 2. The van der Waals surface area contributed by atoms with Gasteiger partial charge in [0.15, 0.2) is 11.5 Å². The number of pyridine rings is 1. The van der Waals surface area contributed by atoms with Crippen LogP contribution in [-0.4, -0.2) is 45.7 Å². The highest BCUT2D eigenvalue weighted by Crippen LogP contribution is 2.50. The normalized spacial score (nSPS) is 15.5. The highest BCUT2D eigenvalue weighted by Gasteiger charge is 2.38. The van der Waals surface area contributed by atoms with E-state index in [9.17, 15) is 9.59 Å². The maximum atomic E-state index is 14.1. The van der Waals surface area contributed by atoms with Gasteiger partial charge in [0, 0.05) is 30.1 Å². The molecule has 2 aromatic heterocycles. The number of hydrogen-bond donors (Lipinski definition) is 1. The Morgan fingerprint density at radius 1 is 1.00 bits per heavy atom. The lowest BCUT2D eigenvalue weighted by Crippen LogP contribution is -2.42. The second-order valence-electron chi connectivity index (χ2n) is 11.0. The molecular weight excluding hydrogens is 586 g/mol. The van der Waals surface area contributed by atoms with Gasteiger partial charge in [0.25, 0.3) is 0 Å². The zero-order chi connectivity index (χ0) is 30.9. The van der Waals surface area contributed by atoms with E-state index in [1.54, 1.807) is 17.3 Å². The summed E-state index contributed by atoms with van der Waals surface area (Å²) in [6.07, 6.45) is 3.40. The lowest BCUT2D eigenvalue weighted by Gasteiger charge is -2.24. The first-order valence-electron chi connectivity index (χ1n) is 14.7. The molecule has 0 bridgehead atoms. The van der Waals surface area contributed by atoms with Gasteiger partial charge in [0.2, 0.25) is 18.6 Å². The van der Waals surface area contributed by atoms with Gasteiger partial charge in [-0.25, -0.2) is 4.68 Å². The molecule has 0 saturated carbocycles. The molecule has 2 amide bonds. The first-order valence-corrected chi connectivity index (χ1v) is 15.7. The summed E-state index contributed by atoms with van der Waals surface area (Å²) >= 11 is 1.52. The summed E-state index contributed by atoms with van der Waals surface area (Å²) in [5.41, 5.74) is 7.33. The van der Waals surface area contributed by atoms with Crippen molar-refractivity contribution in [1.29, 1.82) is 0 Å². The number of nitrogens with one attached hydrogen (secondary N) is 1. The van der Waals surface area contributed by atoms with E-state index >= 15 is 0 Å². The first-order chi connectivity index (χ1) is 22.0. The van der Waals surface area contributed by atoms with Crippen LogP contribution in [0.25, 0.3) is 16.9 Å². The van der Waals surface area contributed by atoms with Crippen molar-refractivity contribution in [2.24, 2.45) is 0 Å². The number of benzene rings is 3. The zero-order valence-corrected chi connectivity index (χ0v) is 25.7. The number of anilines is 1. The minimum atomic E-state index is -0.282.